The van der Waals surface area contributed by atoms with Gasteiger partial charge >= 0.3 is 0 Å². The predicted octanol–water partition coefficient (Wildman–Crippen LogP) is 1.72. The first kappa shape index (κ1) is 12.3. The summed E-state index contributed by atoms with van der Waals surface area (Å²) in [7, 11) is 0. The summed E-state index contributed by atoms with van der Waals surface area (Å²) >= 11 is 1.95. The van der Waals surface area contributed by atoms with E-state index in [1.54, 1.807) is 0 Å². The van der Waals surface area contributed by atoms with Gasteiger partial charge in [-0.25, -0.2) is 0 Å². The first-order valence-corrected chi connectivity index (χ1v) is 7.23. The summed E-state index contributed by atoms with van der Waals surface area (Å²) in [5.74, 6) is 2.24. The standard InChI is InChI=1S/C11H24N2S/c1-14-9-3-2-6-13-10-11-4-7-12-8-5-11/h11-13H,2-10H2,1H3. The third kappa shape index (κ3) is 5.89. The van der Waals surface area contributed by atoms with Gasteiger partial charge in [0.2, 0.25) is 0 Å². The summed E-state index contributed by atoms with van der Waals surface area (Å²) in [5, 5.41) is 6.98. The Kier molecular flexibility index (Phi) is 7.55. The zero-order chi connectivity index (χ0) is 10.1. The summed E-state index contributed by atoms with van der Waals surface area (Å²) in [5.41, 5.74) is 0. The molecule has 0 radical (unpaired) electrons. The maximum absolute atomic E-state index is 3.58. The molecule has 0 aromatic rings. The average Bonchev–Trinajstić information content (AvgIpc) is 2.25. The van der Waals surface area contributed by atoms with E-state index in [0.717, 1.165) is 5.92 Å². The number of thioether (sulfide) groups is 1. The van der Waals surface area contributed by atoms with E-state index in [2.05, 4.69) is 16.9 Å². The number of unbranched alkanes of at least 4 members (excludes halogenated alkanes) is 1. The van der Waals surface area contributed by atoms with Gasteiger partial charge in [-0.05, 0) is 69.8 Å². The van der Waals surface area contributed by atoms with E-state index in [4.69, 9.17) is 0 Å². The second-order valence-corrected chi connectivity index (χ2v) is 5.08. The van der Waals surface area contributed by atoms with Crippen LogP contribution in [-0.2, 0) is 0 Å². The Bertz CT molecular complexity index is 124. The number of piperidine rings is 1. The van der Waals surface area contributed by atoms with Crippen LogP contribution in [0.2, 0.25) is 0 Å². The van der Waals surface area contributed by atoms with Crippen LogP contribution < -0.4 is 10.6 Å². The molecule has 14 heavy (non-hydrogen) atoms. The van der Waals surface area contributed by atoms with Crippen molar-refractivity contribution < 1.29 is 0 Å². The van der Waals surface area contributed by atoms with Crippen molar-refractivity contribution in [1.82, 2.24) is 10.6 Å². The molecule has 2 nitrogen and oxygen atoms in total. The number of hydrogen-bond acceptors (Lipinski definition) is 3. The maximum Gasteiger partial charge on any atom is -0.00196 e. The SMILES string of the molecule is CSCCCCNCC1CCNCC1. The molecule has 1 aliphatic rings. The Labute approximate surface area is 92.6 Å². The van der Waals surface area contributed by atoms with Gasteiger partial charge in [0.1, 0.15) is 0 Å². The van der Waals surface area contributed by atoms with E-state index in [1.807, 2.05) is 11.8 Å². The van der Waals surface area contributed by atoms with Crippen molar-refractivity contribution in [2.45, 2.75) is 25.7 Å². The topological polar surface area (TPSA) is 24.1 Å². The molecule has 0 aromatic carbocycles. The van der Waals surface area contributed by atoms with E-state index < -0.39 is 0 Å². The van der Waals surface area contributed by atoms with Gasteiger partial charge in [-0.1, -0.05) is 0 Å². The van der Waals surface area contributed by atoms with Crippen molar-refractivity contribution in [3.8, 4) is 0 Å². The van der Waals surface area contributed by atoms with Gasteiger partial charge in [0.05, 0.1) is 0 Å². The van der Waals surface area contributed by atoms with Gasteiger partial charge < -0.3 is 10.6 Å². The minimum absolute atomic E-state index is 0.928. The van der Waals surface area contributed by atoms with E-state index in [-0.39, 0.29) is 0 Å². The third-order valence-corrected chi connectivity index (χ3v) is 3.54. The largest absolute Gasteiger partial charge is 0.317 e. The fraction of sp³-hybridized carbons (Fsp3) is 1.00. The van der Waals surface area contributed by atoms with Crippen molar-refractivity contribution >= 4 is 11.8 Å². The van der Waals surface area contributed by atoms with Gasteiger partial charge in [-0.3, -0.25) is 0 Å². The number of nitrogens with one attached hydrogen (secondary N) is 2. The lowest BCUT2D eigenvalue weighted by Crippen LogP contribution is -2.33. The molecule has 1 heterocycles. The highest BCUT2D eigenvalue weighted by molar-refractivity contribution is 7.98. The highest BCUT2D eigenvalue weighted by atomic mass is 32.2. The molecular formula is C11H24N2S. The van der Waals surface area contributed by atoms with Gasteiger partial charge in [0.15, 0.2) is 0 Å². The fourth-order valence-electron chi connectivity index (χ4n) is 1.89. The second-order valence-electron chi connectivity index (χ2n) is 4.10. The van der Waals surface area contributed by atoms with Crippen LogP contribution in [0.4, 0.5) is 0 Å². The van der Waals surface area contributed by atoms with Crippen molar-refractivity contribution in [1.29, 1.82) is 0 Å². The van der Waals surface area contributed by atoms with E-state index in [0.29, 0.717) is 0 Å². The molecule has 0 amide bonds. The minimum atomic E-state index is 0.928. The van der Waals surface area contributed by atoms with Crippen LogP contribution in [0.3, 0.4) is 0 Å². The molecule has 1 rings (SSSR count). The normalized spacial score (nSPS) is 18.6. The predicted molar refractivity (Wildman–Crippen MR) is 66.1 cm³/mol. The lowest BCUT2D eigenvalue weighted by atomic mass is 9.98. The van der Waals surface area contributed by atoms with Crippen LogP contribution in [0.15, 0.2) is 0 Å². The third-order valence-electron chi connectivity index (χ3n) is 2.84. The average molecular weight is 216 g/mol. The summed E-state index contributed by atoms with van der Waals surface area (Å²) in [6.45, 7) is 4.89. The highest BCUT2D eigenvalue weighted by Crippen LogP contribution is 2.09. The Morgan fingerprint density at radius 3 is 2.79 bits per heavy atom. The van der Waals surface area contributed by atoms with Crippen LogP contribution in [0.5, 0.6) is 0 Å². The van der Waals surface area contributed by atoms with E-state index in [9.17, 15) is 0 Å². The number of hydrogen-bond donors (Lipinski definition) is 2. The van der Waals surface area contributed by atoms with Crippen molar-refractivity contribution in [3.05, 3.63) is 0 Å². The van der Waals surface area contributed by atoms with Crippen LogP contribution >= 0.6 is 11.8 Å². The number of rotatable bonds is 7. The molecule has 0 bridgehead atoms. The van der Waals surface area contributed by atoms with E-state index in [1.165, 1.54) is 57.6 Å². The fourth-order valence-corrected chi connectivity index (χ4v) is 2.38. The molecule has 1 aliphatic heterocycles. The quantitative estimate of drug-likeness (QED) is 0.634. The van der Waals surface area contributed by atoms with Crippen molar-refractivity contribution in [2.75, 3.05) is 38.2 Å². The van der Waals surface area contributed by atoms with Crippen LogP contribution in [0, 0.1) is 5.92 Å². The molecule has 0 aromatic heterocycles. The summed E-state index contributed by atoms with van der Waals surface area (Å²) in [4.78, 5) is 0. The Balaban J connectivity index is 1.82. The van der Waals surface area contributed by atoms with Crippen LogP contribution in [0.1, 0.15) is 25.7 Å². The van der Waals surface area contributed by atoms with Gasteiger partial charge in [0.25, 0.3) is 0 Å². The summed E-state index contributed by atoms with van der Waals surface area (Å²) < 4.78 is 0. The lowest BCUT2D eigenvalue weighted by Gasteiger charge is -2.22. The molecule has 1 saturated heterocycles. The Morgan fingerprint density at radius 1 is 1.29 bits per heavy atom. The molecule has 3 heteroatoms. The molecule has 2 N–H and O–H groups in total. The molecule has 84 valence electrons. The first-order valence-electron chi connectivity index (χ1n) is 5.84. The van der Waals surface area contributed by atoms with Gasteiger partial charge in [0, 0.05) is 0 Å². The van der Waals surface area contributed by atoms with E-state index >= 15 is 0 Å². The minimum Gasteiger partial charge on any atom is -0.317 e. The molecular weight excluding hydrogens is 192 g/mol. The maximum atomic E-state index is 3.58. The van der Waals surface area contributed by atoms with Crippen molar-refractivity contribution in [2.24, 2.45) is 5.92 Å². The zero-order valence-electron chi connectivity index (χ0n) is 9.35. The van der Waals surface area contributed by atoms with Crippen molar-refractivity contribution in [3.63, 3.8) is 0 Å². The summed E-state index contributed by atoms with van der Waals surface area (Å²) in [6, 6.07) is 0. The molecule has 0 unspecified atom stereocenters. The summed E-state index contributed by atoms with van der Waals surface area (Å²) in [6.07, 6.45) is 7.60. The zero-order valence-corrected chi connectivity index (χ0v) is 10.2. The monoisotopic (exact) mass is 216 g/mol. The molecule has 1 fully saturated rings. The smallest absolute Gasteiger partial charge is 0.00196 e. The second kappa shape index (κ2) is 8.57. The Morgan fingerprint density at radius 2 is 2.07 bits per heavy atom. The molecule has 0 atom stereocenters. The lowest BCUT2D eigenvalue weighted by molar-refractivity contribution is 0.356. The Hall–Kier alpha value is 0.270. The molecule has 0 aliphatic carbocycles. The van der Waals surface area contributed by atoms with Gasteiger partial charge in [-0.15, -0.1) is 0 Å². The van der Waals surface area contributed by atoms with Crippen LogP contribution in [-0.4, -0.2) is 38.2 Å². The first-order chi connectivity index (χ1) is 6.93. The highest BCUT2D eigenvalue weighted by Gasteiger charge is 2.11. The molecule has 0 spiro atoms. The van der Waals surface area contributed by atoms with Crippen LogP contribution in [0.25, 0.3) is 0 Å². The van der Waals surface area contributed by atoms with Gasteiger partial charge in [-0.2, -0.15) is 11.8 Å². The molecule has 0 saturated carbocycles.